The van der Waals surface area contributed by atoms with Crippen LogP contribution in [0.2, 0.25) is 5.02 Å². The molecule has 0 aromatic heterocycles. The van der Waals surface area contributed by atoms with E-state index in [0.29, 0.717) is 22.2 Å². The second kappa shape index (κ2) is 5.61. The van der Waals surface area contributed by atoms with Crippen LogP contribution in [0.5, 0.6) is 0 Å². The number of hydrogen-bond acceptors (Lipinski definition) is 2. The smallest absolute Gasteiger partial charge is 0.257 e. The number of carbonyl (C=O) groups excluding carboxylic acids is 1. The lowest BCUT2D eigenvalue weighted by molar-refractivity contribution is 0.0749. The summed E-state index contributed by atoms with van der Waals surface area (Å²) in [6, 6.07) is 5.20. The van der Waals surface area contributed by atoms with E-state index in [9.17, 15) is 4.79 Å². The molecule has 0 aliphatic heterocycles. The van der Waals surface area contributed by atoms with Gasteiger partial charge in [-0.15, -0.1) is 0 Å². The molecular formula is C14H19ClN2O. The van der Waals surface area contributed by atoms with Gasteiger partial charge in [-0.3, -0.25) is 4.79 Å². The fourth-order valence-corrected chi connectivity index (χ4v) is 2.35. The van der Waals surface area contributed by atoms with Crippen LogP contribution in [0.1, 0.15) is 36.5 Å². The van der Waals surface area contributed by atoms with Crippen LogP contribution in [0, 0.1) is 5.92 Å². The fraction of sp³-hybridized carbons (Fsp3) is 0.500. The van der Waals surface area contributed by atoms with Gasteiger partial charge in [-0.1, -0.05) is 24.6 Å². The van der Waals surface area contributed by atoms with Crippen molar-refractivity contribution in [3.63, 3.8) is 0 Å². The van der Waals surface area contributed by atoms with Crippen molar-refractivity contribution in [2.24, 2.45) is 5.92 Å². The summed E-state index contributed by atoms with van der Waals surface area (Å²) in [6.45, 7) is 3.67. The molecule has 0 unspecified atom stereocenters. The van der Waals surface area contributed by atoms with E-state index in [0.717, 1.165) is 19.5 Å². The topological polar surface area (TPSA) is 46.3 Å². The van der Waals surface area contributed by atoms with E-state index in [1.54, 1.807) is 18.2 Å². The van der Waals surface area contributed by atoms with Crippen LogP contribution in [0.25, 0.3) is 0 Å². The first-order valence-electron chi connectivity index (χ1n) is 6.46. The Hall–Kier alpha value is -1.22. The molecule has 1 aromatic rings. The Bertz CT molecular complexity index is 423. The number of halogens is 1. The van der Waals surface area contributed by atoms with E-state index in [1.807, 2.05) is 4.90 Å². The Morgan fingerprint density at radius 2 is 2.22 bits per heavy atom. The van der Waals surface area contributed by atoms with Gasteiger partial charge in [0, 0.05) is 18.8 Å². The van der Waals surface area contributed by atoms with Crippen LogP contribution in [0.4, 0.5) is 5.69 Å². The van der Waals surface area contributed by atoms with Gasteiger partial charge in [0.1, 0.15) is 0 Å². The summed E-state index contributed by atoms with van der Waals surface area (Å²) in [5, 5.41) is 0.442. The van der Waals surface area contributed by atoms with Crippen LogP contribution in [-0.2, 0) is 0 Å². The van der Waals surface area contributed by atoms with E-state index in [-0.39, 0.29) is 5.91 Å². The normalized spacial score (nSPS) is 14.6. The van der Waals surface area contributed by atoms with Crippen molar-refractivity contribution in [2.45, 2.75) is 26.2 Å². The molecule has 98 valence electrons. The number of amides is 1. The van der Waals surface area contributed by atoms with Gasteiger partial charge in [0.15, 0.2) is 0 Å². The number of nitrogens with two attached hydrogens (primary N) is 1. The minimum absolute atomic E-state index is 0.0353. The lowest BCUT2D eigenvalue weighted by Crippen LogP contribution is -2.34. The predicted molar refractivity (Wildman–Crippen MR) is 74.8 cm³/mol. The molecule has 0 saturated heterocycles. The summed E-state index contributed by atoms with van der Waals surface area (Å²) in [6.07, 6.45) is 3.40. The minimum atomic E-state index is -0.0353. The molecule has 1 aliphatic rings. The van der Waals surface area contributed by atoms with E-state index < -0.39 is 0 Å². The highest BCUT2D eigenvalue weighted by Crippen LogP contribution is 2.31. The third-order valence-corrected chi connectivity index (χ3v) is 3.53. The number of hydrogen-bond donors (Lipinski definition) is 1. The zero-order valence-corrected chi connectivity index (χ0v) is 11.4. The van der Waals surface area contributed by atoms with Crippen LogP contribution in [0.3, 0.4) is 0 Å². The Morgan fingerprint density at radius 3 is 2.78 bits per heavy atom. The monoisotopic (exact) mass is 266 g/mol. The summed E-state index contributed by atoms with van der Waals surface area (Å²) in [7, 11) is 0. The average Bonchev–Trinajstić information content (AvgIpc) is 3.12. The van der Waals surface area contributed by atoms with Crippen molar-refractivity contribution in [1.82, 2.24) is 4.90 Å². The molecule has 1 amide bonds. The van der Waals surface area contributed by atoms with Crippen LogP contribution in [-0.4, -0.2) is 23.9 Å². The van der Waals surface area contributed by atoms with Gasteiger partial charge in [0.25, 0.3) is 5.91 Å². The highest BCUT2D eigenvalue weighted by molar-refractivity contribution is 6.34. The molecule has 1 fully saturated rings. The van der Waals surface area contributed by atoms with Crippen LogP contribution < -0.4 is 5.73 Å². The molecule has 1 aliphatic carbocycles. The van der Waals surface area contributed by atoms with Gasteiger partial charge in [-0.05, 0) is 37.3 Å². The summed E-state index contributed by atoms with van der Waals surface area (Å²) in [5.41, 5.74) is 6.79. The lowest BCUT2D eigenvalue weighted by atomic mass is 10.1. The van der Waals surface area contributed by atoms with E-state index in [4.69, 9.17) is 17.3 Å². The second-order valence-corrected chi connectivity index (χ2v) is 5.31. The van der Waals surface area contributed by atoms with Gasteiger partial charge in [-0.2, -0.15) is 0 Å². The van der Waals surface area contributed by atoms with Gasteiger partial charge >= 0.3 is 0 Å². The molecule has 0 atom stereocenters. The zero-order chi connectivity index (χ0) is 13.1. The first kappa shape index (κ1) is 13.2. The number of nitrogen functional groups attached to an aromatic ring is 1. The van der Waals surface area contributed by atoms with E-state index >= 15 is 0 Å². The standard InChI is InChI=1S/C14H19ClN2O/c1-2-8-17(9-10-6-7-10)14(18)13-11(15)4-3-5-12(13)16/h3-5,10H,2,6-9,16H2,1H3. The maximum atomic E-state index is 12.5. The number of rotatable bonds is 5. The highest BCUT2D eigenvalue weighted by atomic mass is 35.5. The molecule has 0 bridgehead atoms. The second-order valence-electron chi connectivity index (χ2n) is 4.90. The molecule has 1 saturated carbocycles. The fourth-order valence-electron chi connectivity index (χ4n) is 2.08. The highest BCUT2D eigenvalue weighted by Gasteiger charge is 2.28. The first-order valence-corrected chi connectivity index (χ1v) is 6.84. The van der Waals surface area contributed by atoms with Crippen LogP contribution in [0.15, 0.2) is 18.2 Å². The molecule has 2 rings (SSSR count). The molecular weight excluding hydrogens is 248 g/mol. The van der Waals surface area contributed by atoms with Gasteiger partial charge < -0.3 is 10.6 Å². The molecule has 3 nitrogen and oxygen atoms in total. The van der Waals surface area contributed by atoms with Gasteiger partial charge in [0.05, 0.1) is 10.6 Å². The molecule has 2 N–H and O–H groups in total. The van der Waals surface area contributed by atoms with E-state index in [2.05, 4.69) is 6.92 Å². The van der Waals surface area contributed by atoms with Crippen molar-refractivity contribution in [1.29, 1.82) is 0 Å². The molecule has 0 spiro atoms. The molecule has 18 heavy (non-hydrogen) atoms. The van der Waals surface area contributed by atoms with Crippen molar-refractivity contribution < 1.29 is 4.79 Å². The number of anilines is 1. The molecule has 0 radical (unpaired) electrons. The summed E-state index contributed by atoms with van der Waals surface area (Å²) >= 11 is 6.09. The Balaban J connectivity index is 2.20. The number of nitrogens with zero attached hydrogens (tertiary/aromatic N) is 1. The molecule has 4 heteroatoms. The van der Waals surface area contributed by atoms with Gasteiger partial charge in [-0.25, -0.2) is 0 Å². The number of benzene rings is 1. The first-order chi connectivity index (χ1) is 8.63. The van der Waals surface area contributed by atoms with E-state index in [1.165, 1.54) is 12.8 Å². The molecule has 0 heterocycles. The van der Waals surface area contributed by atoms with Crippen molar-refractivity contribution >= 4 is 23.2 Å². The van der Waals surface area contributed by atoms with Crippen molar-refractivity contribution in [2.75, 3.05) is 18.8 Å². The summed E-state index contributed by atoms with van der Waals surface area (Å²) in [5.74, 6) is 0.635. The van der Waals surface area contributed by atoms with Crippen molar-refractivity contribution in [3.8, 4) is 0 Å². The van der Waals surface area contributed by atoms with Crippen molar-refractivity contribution in [3.05, 3.63) is 28.8 Å². The zero-order valence-electron chi connectivity index (χ0n) is 10.7. The Morgan fingerprint density at radius 1 is 1.50 bits per heavy atom. The maximum absolute atomic E-state index is 12.5. The molecule has 1 aromatic carbocycles. The van der Waals surface area contributed by atoms with Gasteiger partial charge in [0.2, 0.25) is 0 Å². The summed E-state index contributed by atoms with van der Waals surface area (Å²) < 4.78 is 0. The SMILES string of the molecule is CCCN(CC1CC1)C(=O)c1c(N)cccc1Cl. The third kappa shape index (κ3) is 2.96. The Labute approximate surface area is 113 Å². The maximum Gasteiger partial charge on any atom is 0.257 e. The number of carbonyl (C=O) groups is 1. The van der Waals surface area contributed by atoms with Crippen LogP contribution >= 0.6 is 11.6 Å². The summed E-state index contributed by atoms with van der Waals surface area (Å²) in [4.78, 5) is 14.4. The minimum Gasteiger partial charge on any atom is -0.398 e. The Kier molecular flexibility index (Phi) is 4.12. The predicted octanol–water partition coefficient (Wildman–Crippen LogP) is 3.18. The quantitative estimate of drug-likeness (QED) is 0.832. The third-order valence-electron chi connectivity index (χ3n) is 3.22. The lowest BCUT2D eigenvalue weighted by Gasteiger charge is -2.23. The largest absolute Gasteiger partial charge is 0.398 e. The average molecular weight is 267 g/mol.